The van der Waals surface area contributed by atoms with Gasteiger partial charge >= 0.3 is 0 Å². The summed E-state index contributed by atoms with van der Waals surface area (Å²) in [6.45, 7) is 6.67. The van der Waals surface area contributed by atoms with Crippen LogP contribution in [0.4, 0.5) is 0 Å². The smallest absolute Gasteiger partial charge is 0.0620 e. The van der Waals surface area contributed by atoms with E-state index >= 15 is 0 Å². The highest BCUT2D eigenvalue weighted by Gasteiger charge is 2.22. The Labute approximate surface area is 127 Å². The minimum atomic E-state index is 0.484. The fourth-order valence-electron chi connectivity index (χ4n) is 3.17. The molecule has 116 valence electrons. The van der Waals surface area contributed by atoms with Crippen LogP contribution in [0.25, 0.3) is 0 Å². The summed E-state index contributed by atoms with van der Waals surface area (Å²) in [5.74, 6) is 0. The first-order chi connectivity index (χ1) is 10.4. The Morgan fingerprint density at radius 2 is 1.90 bits per heavy atom. The monoisotopic (exact) mass is 290 g/mol. The quantitative estimate of drug-likeness (QED) is 0.856. The molecule has 1 N–H and O–H groups in total. The van der Waals surface area contributed by atoms with Crippen LogP contribution in [0.5, 0.6) is 0 Å². The Morgan fingerprint density at radius 3 is 2.62 bits per heavy atom. The molecule has 0 aliphatic carbocycles. The van der Waals surface area contributed by atoms with Crippen LogP contribution in [0.15, 0.2) is 30.3 Å². The van der Waals surface area contributed by atoms with Gasteiger partial charge in [-0.1, -0.05) is 30.3 Å². The third kappa shape index (κ3) is 4.78. The molecule has 2 saturated heterocycles. The molecule has 0 amide bonds. The van der Waals surface area contributed by atoms with Gasteiger partial charge in [-0.3, -0.25) is 4.90 Å². The van der Waals surface area contributed by atoms with Crippen LogP contribution in [0.3, 0.4) is 0 Å². The molecular formula is C17H26N2O2. The topological polar surface area (TPSA) is 33.7 Å². The van der Waals surface area contributed by atoms with Crippen LogP contribution in [-0.4, -0.2) is 63.0 Å². The minimum absolute atomic E-state index is 0.484. The van der Waals surface area contributed by atoms with Gasteiger partial charge in [-0.2, -0.15) is 0 Å². The highest BCUT2D eigenvalue weighted by Crippen LogP contribution is 2.10. The van der Waals surface area contributed by atoms with E-state index in [9.17, 15) is 0 Å². The van der Waals surface area contributed by atoms with Crippen molar-refractivity contribution in [2.24, 2.45) is 0 Å². The van der Waals surface area contributed by atoms with Gasteiger partial charge in [0.2, 0.25) is 0 Å². The van der Waals surface area contributed by atoms with E-state index in [0.717, 1.165) is 58.9 Å². The van der Waals surface area contributed by atoms with Gasteiger partial charge in [0.05, 0.1) is 19.8 Å². The van der Waals surface area contributed by atoms with Crippen molar-refractivity contribution in [2.45, 2.75) is 24.9 Å². The Kier molecular flexibility index (Phi) is 5.63. The first kappa shape index (κ1) is 15.0. The maximum Gasteiger partial charge on any atom is 0.0620 e. The summed E-state index contributed by atoms with van der Waals surface area (Å²) in [4.78, 5) is 2.51. The Morgan fingerprint density at radius 1 is 1.10 bits per heavy atom. The van der Waals surface area contributed by atoms with Gasteiger partial charge < -0.3 is 14.8 Å². The zero-order valence-electron chi connectivity index (χ0n) is 12.7. The van der Waals surface area contributed by atoms with E-state index in [0.29, 0.717) is 12.1 Å². The van der Waals surface area contributed by atoms with Crippen LogP contribution in [0, 0.1) is 0 Å². The van der Waals surface area contributed by atoms with Crippen molar-refractivity contribution < 1.29 is 9.47 Å². The molecule has 1 aromatic rings. The second-order valence-corrected chi connectivity index (χ2v) is 6.03. The van der Waals surface area contributed by atoms with Crippen LogP contribution >= 0.6 is 0 Å². The van der Waals surface area contributed by atoms with Gasteiger partial charge in [0.15, 0.2) is 0 Å². The third-order valence-corrected chi connectivity index (χ3v) is 4.31. The molecule has 0 unspecified atom stereocenters. The lowest BCUT2D eigenvalue weighted by molar-refractivity contribution is 0.0328. The largest absolute Gasteiger partial charge is 0.380 e. The van der Waals surface area contributed by atoms with E-state index in [-0.39, 0.29) is 0 Å². The van der Waals surface area contributed by atoms with Gasteiger partial charge in [-0.25, -0.2) is 0 Å². The molecule has 2 atom stereocenters. The van der Waals surface area contributed by atoms with Crippen molar-refractivity contribution >= 4 is 0 Å². The molecule has 1 aromatic carbocycles. The van der Waals surface area contributed by atoms with Gasteiger partial charge in [0, 0.05) is 38.3 Å². The summed E-state index contributed by atoms with van der Waals surface area (Å²) in [6.07, 6.45) is 2.21. The number of nitrogens with one attached hydrogen (secondary N) is 1. The number of rotatable bonds is 6. The second-order valence-electron chi connectivity index (χ2n) is 6.03. The minimum Gasteiger partial charge on any atom is -0.380 e. The number of ether oxygens (including phenoxy) is 2. The van der Waals surface area contributed by atoms with Gasteiger partial charge in [0.1, 0.15) is 0 Å². The highest BCUT2D eigenvalue weighted by atomic mass is 16.5. The molecule has 0 bridgehead atoms. The zero-order valence-corrected chi connectivity index (χ0v) is 12.7. The molecule has 0 radical (unpaired) electrons. The second kappa shape index (κ2) is 7.90. The van der Waals surface area contributed by atoms with Crippen LogP contribution < -0.4 is 5.32 Å². The lowest BCUT2D eigenvalue weighted by atomic mass is 10.0. The standard InChI is InChI=1S/C17H26N2O2/c1-2-4-15(5-3-1)12-17(18-16-6-9-21-14-16)13-19-7-10-20-11-8-19/h1-5,16-18H,6-14H2/t16-,17+/m1/s1. The molecule has 0 spiro atoms. The summed E-state index contributed by atoms with van der Waals surface area (Å²) in [6, 6.07) is 11.8. The SMILES string of the molecule is c1ccc(C[C@@H](CN2CCOCC2)N[C@@H]2CCOC2)cc1. The summed E-state index contributed by atoms with van der Waals surface area (Å²) >= 11 is 0. The lowest BCUT2D eigenvalue weighted by Crippen LogP contribution is -2.49. The first-order valence-corrected chi connectivity index (χ1v) is 8.08. The average molecular weight is 290 g/mol. The number of morpholine rings is 1. The molecule has 4 nitrogen and oxygen atoms in total. The molecule has 4 heteroatoms. The number of hydrogen-bond acceptors (Lipinski definition) is 4. The van der Waals surface area contributed by atoms with Crippen LogP contribution in [-0.2, 0) is 15.9 Å². The van der Waals surface area contributed by atoms with E-state index in [2.05, 4.69) is 40.5 Å². The Bertz CT molecular complexity index is 401. The molecule has 0 aromatic heterocycles. The van der Waals surface area contributed by atoms with Crippen molar-refractivity contribution in [3.63, 3.8) is 0 Å². The van der Waals surface area contributed by atoms with Crippen molar-refractivity contribution in [1.29, 1.82) is 0 Å². The molecule has 3 rings (SSSR count). The fourth-order valence-corrected chi connectivity index (χ4v) is 3.17. The summed E-state index contributed by atoms with van der Waals surface area (Å²) in [5.41, 5.74) is 1.40. The normalized spacial score (nSPS) is 25.0. The molecule has 2 heterocycles. The predicted molar refractivity (Wildman–Crippen MR) is 83.6 cm³/mol. The fraction of sp³-hybridized carbons (Fsp3) is 0.647. The summed E-state index contributed by atoms with van der Waals surface area (Å²) in [5, 5.41) is 3.80. The van der Waals surface area contributed by atoms with Gasteiger partial charge in [0.25, 0.3) is 0 Å². The molecule has 2 aliphatic rings. The summed E-state index contributed by atoms with van der Waals surface area (Å²) in [7, 11) is 0. The van der Waals surface area contributed by atoms with E-state index in [1.165, 1.54) is 5.56 Å². The molecule has 0 saturated carbocycles. The molecule has 2 fully saturated rings. The summed E-state index contributed by atoms with van der Waals surface area (Å²) < 4.78 is 11.0. The van der Waals surface area contributed by atoms with Crippen molar-refractivity contribution in [3.8, 4) is 0 Å². The van der Waals surface area contributed by atoms with E-state index in [1.54, 1.807) is 0 Å². The maximum absolute atomic E-state index is 5.50. The maximum atomic E-state index is 5.50. The lowest BCUT2D eigenvalue weighted by Gasteiger charge is -2.32. The van der Waals surface area contributed by atoms with E-state index < -0.39 is 0 Å². The van der Waals surface area contributed by atoms with E-state index in [4.69, 9.17) is 9.47 Å². The van der Waals surface area contributed by atoms with E-state index in [1.807, 2.05) is 0 Å². The number of benzene rings is 1. The van der Waals surface area contributed by atoms with Crippen molar-refractivity contribution in [2.75, 3.05) is 46.1 Å². The highest BCUT2D eigenvalue weighted by molar-refractivity contribution is 5.16. The van der Waals surface area contributed by atoms with Crippen molar-refractivity contribution in [3.05, 3.63) is 35.9 Å². The number of nitrogens with zero attached hydrogens (tertiary/aromatic N) is 1. The van der Waals surface area contributed by atoms with Gasteiger partial charge in [-0.05, 0) is 18.4 Å². The first-order valence-electron chi connectivity index (χ1n) is 8.08. The predicted octanol–water partition coefficient (Wildman–Crippen LogP) is 1.31. The third-order valence-electron chi connectivity index (χ3n) is 4.31. The molecular weight excluding hydrogens is 264 g/mol. The van der Waals surface area contributed by atoms with Crippen LogP contribution in [0.2, 0.25) is 0 Å². The molecule has 21 heavy (non-hydrogen) atoms. The van der Waals surface area contributed by atoms with Crippen molar-refractivity contribution in [1.82, 2.24) is 10.2 Å². The van der Waals surface area contributed by atoms with Gasteiger partial charge in [-0.15, -0.1) is 0 Å². The molecule has 2 aliphatic heterocycles. The Hall–Kier alpha value is -0.940. The van der Waals surface area contributed by atoms with Crippen LogP contribution in [0.1, 0.15) is 12.0 Å². The number of hydrogen-bond donors (Lipinski definition) is 1. The zero-order chi connectivity index (χ0) is 14.3. The Balaban J connectivity index is 1.58. The average Bonchev–Trinajstić information content (AvgIpc) is 3.02.